The molecule has 2 atom stereocenters. The summed E-state index contributed by atoms with van der Waals surface area (Å²) in [6, 6.07) is 7.11. The van der Waals surface area contributed by atoms with Gasteiger partial charge in [0.2, 0.25) is 16.0 Å². The zero-order valence-electron chi connectivity index (χ0n) is 16.7. The number of fused-ring (bicyclic) bond motifs is 1. The zero-order valence-corrected chi connectivity index (χ0v) is 17.6. The maximum Gasteiger partial charge on any atom is 0.268 e. The molecular weight excluding hydrogens is 418 g/mol. The number of aromatic nitrogens is 3. The Morgan fingerprint density at radius 2 is 2.13 bits per heavy atom. The van der Waals surface area contributed by atoms with E-state index in [4.69, 9.17) is 11.6 Å². The second kappa shape index (κ2) is 7.46. The third-order valence-electron chi connectivity index (χ3n) is 5.56. The normalized spacial score (nSPS) is 21.2. The molecule has 0 radical (unpaired) electrons. The van der Waals surface area contributed by atoms with Crippen LogP contribution >= 0.6 is 0 Å². The summed E-state index contributed by atoms with van der Waals surface area (Å²) in [5.74, 6) is 2.46. The summed E-state index contributed by atoms with van der Waals surface area (Å²) < 4.78 is 25.2. The van der Waals surface area contributed by atoms with Gasteiger partial charge in [0.1, 0.15) is 10.5 Å². The molecule has 4 rings (SSSR count). The largest absolute Gasteiger partial charge is 0.388 e. The fourth-order valence-corrected chi connectivity index (χ4v) is 4.74. The molecule has 10 heteroatoms. The van der Waals surface area contributed by atoms with Crippen molar-refractivity contribution in [1.82, 2.24) is 14.5 Å². The Hall–Kier alpha value is -3.26. The van der Waals surface area contributed by atoms with Crippen LogP contribution in [0.25, 0.3) is 11.0 Å². The van der Waals surface area contributed by atoms with Gasteiger partial charge in [-0.1, -0.05) is 18.1 Å². The maximum atomic E-state index is 13.1. The van der Waals surface area contributed by atoms with Crippen LogP contribution in [0.1, 0.15) is 37.8 Å². The number of anilines is 2. The highest BCUT2D eigenvalue weighted by molar-refractivity contribution is 7.89. The van der Waals surface area contributed by atoms with Crippen molar-refractivity contribution in [2.24, 2.45) is 5.14 Å². The fraction of sp³-hybridized carbons (Fsp3) is 0.286. The second-order valence-corrected chi connectivity index (χ2v) is 9.31. The van der Waals surface area contributed by atoms with Crippen LogP contribution in [0.4, 0.5) is 11.6 Å². The number of terminal acetylenes is 1. The van der Waals surface area contributed by atoms with Crippen molar-refractivity contribution < 1.29 is 13.5 Å². The minimum atomic E-state index is -3.98. The van der Waals surface area contributed by atoms with Crippen LogP contribution in [0.5, 0.6) is 0 Å². The molecule has 31 heavy (non-hydrogen) atoms. The molecule has 9 nitrogen and oxygen atoms in total. The van der Waals surface area contributed by atoms with Gasteiger partial charge in [0.05, 0.1) is 22.9 Å². The van der Waals surface area contributed by atoms with E-state index in [0.717, 1.165) is 6.42 Å². The van der Waals surface area contributed by atoms with Gasteiger partial charge in [-0.2, -0.15) is 4.98 Å². The molecule has 1 aliphatic carbocycles. The van der Waals surface area contributed by atoms with Gasteiger partial charge in [-0.25, -0.2) is 18.5 Å². The molecule has 1 aromatic carbocycles. The first kappa shape index (κ1) is 21.0. The van der Waals surface area contributed by atoms with Crippen molar-refractivity contribution in [1.29, 1.82) is 0 Å². The lowest BCUT2D eigenvalue weighted by molar-refractivity contribution is 0.0266. The van der Waals surface area contributed by atoms with E-state index >= 15 is 0 Å². The minimum absolute atomic E-state index is 0.0721. The number of pyridine rings is 1. The van der Waals surface area contributed by atoms with Crippen molar-refractivity contribution in [2.75, 3.05) is 5.32 Å². The van der Waals surface area contributed by atoms with Gasteiger partial charge in [-0.05, 0) is 44.4 Å². The lowest BCUT2D eigenvalue weighted by Crippen LogP contribution is -2.38. The molecule has 0 bridgehead atoms. The number of rotatable bonds is 4. The summed E-state index contributed by atoms with van der Waals surface area (Å²) in [5.41, 5.74) is -0.869. The standard InChI is InChI=1S/C21H21N5O4S/c1-3-13-11-14-12-23-20(24-15-7-4-5-8-16(15)31(22,29)30)25-18(14)26(19(13)27)17-9-6-10-21(17,2)28/h1,4-5,7-8,11-12,17,28H,6,9-10H2,2H3,(H2,22,29,30)(H,23,24,25)/t17-,21-/m1/s1. The summed E-state index contributed by atoms with van der Waals surface area (Å²) in [5, 5.41) is 19.5. The number of sulfonamides is 1. The van der Waals surface area contributed by atoms with Gasteiger partial charge >= 0.3 is 0 Å². The number of nitrogens with one attached hydrogen (secondary N) is 1. The molecule has 160 valence electrons. The van der Waals surface area contributed by atoms with Crippen molar-refractivity contribution in [3.8, 4) is 12.3 Å². The highest BCUT2D eigenvalue weighted by atomic mass is 32.2. The molecule has 2 heterocycles. The van der Waals surface area contributed by atoms with E-state index in [0.29, 0.717) is 23.9 Å². The Kier molecular flexibility index (Phi) is 5.05. The Morgan fingerprint density at radius 3 is 2.77 bits per heavy atom. The van der Waals surface area contributed by atoms with E-state index in [1.807, 2.05) is 0 Å². The van der Waals surface area contributed by atoms with Crippen LogP contribution in [-0.4, -0.2) is 33.7 Å². The van der Waals surface area contributed by atoms with Gasteiger partial charge in [0.25, 0.3) is 5.56 Å². The molecule has 0 amide bonds. The number of nitrogens with two attached hydrogens (primary N) is 1. The molecule has 3 aromatic rings. The molecule has 2 aromatic heterocycles. The lowest BCUT2D eigenvalue weighted by atomic mass is 9.99. The second-order valence-electron chi connectivity index (χ2n) is 7.78. The molecule has 0 unspecified atom stereocenters. The average Bonchev–Trinajstić information content (AvgIpc) is 3.06. The fourth-order valence-electron chi connectivity index (χ4n) is 4.05. The quantitative estimate of drug-likeness (QED) is 0.525. The van der Waals surface area contributed by atoms with Crippen molar-refractivity contribution >= 4 is 32.7 Å². The number of hydrogen-bond acceptors (Lipinski definition) is 7. The highest BCUT2D eigenvalue weighted by Gasteiger charge is 2.39. The van der Waals surface area contributed by atoms with Gasteiger partial charge < -0.3 is 10.4 Å². The maximum absolute atomic E-state index is 13.1. The summed E-state index contributed by atoms with van der Waals surface area (Å²) in [6.45, 7) is 1.69. The summed E-state index contributed by atoms with van der Waals surface area (Å²) in [6.07, 6.45) is 8.90. The van der Waals surface area contributed by atoms with Crippen LogP contribution < -0.4 is 16.0 Å². The van der Waals surface area contributed by atoms with Crippen molar-refractivity contribution in [3.05, 3.63) is 52.4 Å². The molecule has 4 N–H and O–H groups in total. The topological polar surface area (TPSA) is 140 Å². The third-order valence-corrected chi connectivity index (χ3v) is 6.53. The number of nitrogens with zero attached hydrogens (tertiary/aromatic N) is 3. The molecule has 0 spiro atoms. The van der Waals surface area contributed by atoms with Crippen LogP contribution in [0.3, 0.4) is 0 Å². The molecule has 1 aliphatic rings. The van der Waals surface area contributed by atoms with Crippen LogP contribution in [0, 0.1) is 12.3 Å². The van der Waals surface area contributed by atoms with Crippen molar-refractivity contribution in [3.63, 3.8) is 0 Å². The number of primary sulfonamides is 1. The lowest BCUT2D eigenvalue weighted by Gasteiger charge is -2.28. The minimum Gasteiger partial charge on any atom is -0.388 e. The molecule has 1 saturated carbocycles. The summed E-state index contributed by atoms with van der Waals surface area (Å²) >= 11 is 0. The van der Waals surface area contributed by atoms with Gasteiger partial charge in [0.15, 0.2) is 0 Å². The predicted octanol–water partition coefficient (Wildman–Crippen LogP) is 1.64. The predicted molar refractivity (Wildman–Crippen MR) is 116 cm³/mol. The molecule has 1 fully saturated rings. The van der Waals surface area contributed by atoms with E-state index in [2.05, 4.69) is 21.2 Å². The van der Waals surface area contributed by atoms with E-state index in [1.165, 1.54) is 29.0 Å². The average molecular weight is 439 g/mol. The Labute approximate surface area is 179 Å². The number of para-hydroxylation sites is 1. The monoisotopic (exact) mass is 439 g/mol. The first-order valence-electron chi connectivity index (χ1n) is 9.62. The Balaban J connectivity index is 1.90. The van der Waals surface area contributed by atoms with Crippen LogP contribution in [-0.2, 0) is 10.0 Å². The van der Waals surface area contributed by atoms with E-state index in [9.17, 15) is 18.3 Å². The third kappa shape index (κ3) is 3.79. The Morgan fingerprint density at radius 1 is 1.39 bits per heavy atom. The smallest absolute Gasteiger partial charge is 0.268 e. The molecular formula is C21H21N5O4S. The number of hydrogen-bond donors (Lipinski definition) is 3. The van der Waals surface area contributed by atoms with Gasteiger partial charge in [-0.15, -0.1) is 6.42 Å². The zero-order chi connectivity index (χ0) is 22.4. The van der Waals surface area contributed by atoms with Crippen LogP contribution in [0.15, 0.2) is 46.2 Å². The first-order valence-corrected chi connectivity index (χ1v) is 11.2. The molecule has 0 aliphatic heterocycles. The van der Waals surface area contributed by atoms with Crippen molar-refractivity contribution in [2.45, 2.75) is 42.7 Å². The molecule has 0 saturated heterocycles. The highest BCUT2D eigenvalue weighted by Crippen LogP contribution is 2.39. The van der Waals surface area contributed by atoms with Gasteiger partial charge in [-0.3, -0.25) is 9.36 Å². The van der Waals surface area contributed by atoms with E-state index < -0.39 is 27.2 Å². The summed E-state index contributed by atoms with van der Waals surface area (Å²) in [7, 11) is -3.98. The van der Waals surface area contributed by atoms with E-state index in [1.54, 1.807) is 19.1 Å². The van der Waals surface area contributed by atoms with E-state index in [-0.39, 0.29) is 22.1 Å². The van der Waals surface area contributed by atoms with Gasteiger partial charge in [0, 0.05) is 11.6 Å². The Bertz CT molecular complexity index is 1390. The van der Waals surface area contributed by atoms with Crippen LogP contribution in [0.2, 0.25) is 0 Å². The summed E-state index contributed by atoms with van der Waals surface area (Å²) in [4.78, 5) is 21.7. The number of aliphatic hydroxyl groups is 1. The SMILES string of the molecule is C#Cc1cc2cnc(Nc3ccccc3S(N)(=O)=O)nc2n([C@@H]2CCC[C@@]2(C)O)c1=O. The first-order chi connectivity index (χ1) is 14.6. The number of benzene rings is 1.